The summed E-state index contributed by atoms with van der Waals surface area (Å²) >= 11 is 0. The lowest BCUT2D eigenvalue weighted by Gasteiger charge is -2.16. The van der Waals surface area contributed by atoms with Crippen LogP contribution >= 0.6 is 0 Å². The molecule has 0 aliphatic carbocycles. The van der Waals surface area contributed by atoms with Crippen LogP contribution in [-0.2, 0) is 0 Å². The van der Waals surface area contributed by atoms with Gasteiger partial charge in [-0.1, -0.05) is 0 Å². The Morgan fingerprint density at radius 2 is 0.800 bits per heavy atom. The van der Waals surface area contributed by atoms with Gasteiger partial charge in [0.2, 0.25) is 0 Å². The van der Waals surface area contributed by atoms with Crippen LogP contribution < -0.4 is 9.47 Å². The molecule has 0 fully saturated rings. The summed E-state index contributed by atoms with van der Waals surface area (Å²) in [6.45, 7) is 0. The fourth-order valence-corrected chi connectivity index (χ4v) is 3.29. The van der Waals surface area contributed by atoms with Crippen LogP contribution in [0.1, 0.15) is 41.4 Å². The summed E-state index contributed by atoms with van der Waals surface area (Å²) in [6, 6.07) is 13.0. The van der Waals surface area contributed by atoms with Crippen LogP contribution in [0.25, 0.3) is 22.3 Å². The average molecular weight is 402 g/mol. The minimum absolute atomic E-state index is 0.356. The highest BCUT2D eigenvalue weighted by atomic mass is 16.5. The van der Waals surface area contributed by atoms with Crippen molar-refractivity contribution in [2.45, 2.75) is 0 Å². The van der Waals surface area contributed by atoms with Gasteiger partial charge in [0.25, 0.3) is 0 Å². The van der Waals surface area contributed by atoms with Gasteiger partial charge in [-0.25, -0.2) is 0 Å². The highest BCUT2D eigenvalue weighted by Gasteiger charge is 2.16. The summed E-state index contributed by atoms with van der Waals surface area (Å²) in [5, 5.41) is 0. The van der Waals surface area contributed by atoms with Crippen LogP contribution in [0.3, 0.4) is 0 Å². The summed E-state index contributed by atoms with van der Waals surface area (Å²) in [5.74, 6) is 0.935. The molecule has 0 N–H and O–H groups in total. The van der Waals surface area contributed by atoms with Crippen molar-refractivity contribution in [3.63, 3.8) is 0 Å². The minimum atomic E-state index is 0.356. The SMILES string of the molecule is COc1cc(-c2cc(C=O)cc(C=O)c2)c(OC)cc1-c1cc(C=O)cc(C=O)c1. The highest BCUT2D eigenvalue weighted by Crippen LogP contribution is 2.41. The molecule has 6 heteroatoms. The molecule has 6 nitrogen and oxygen atoms in total. The molecule has 0 saturated carbocycles. The third-order valence-corrected chi connectivity index (χ3v) is 4.64. The second-order valence-corrected chi connectivity index (χ2v) is 6.50. The Morgan fingerprint density at radius 1 is 0.500 bits per heavy atom. The van der Waals surface area contributed by atoms with E-state index in [0.717, 1.165) is 0 Å². The molecule has 0 bridgehead atoms. The smallest absolute Gasteiger partial charge is 0.150 e. The number of ether oxygens (including phenoxy) is 2. The van der Waals surface area contributed by atoms with Crippen molar-refractivity contribution in [1.82, 2.24) is 0 Å². The van der Waals surface area contributed by atoms with Crippen LogP contribution in [-0.4, -0.2) is 39.4 Å². The van der Waals surface area contributed by atoms with Crippen LogP contribution in [0.15, 0.2) is 48.5 Å². The van der Waals surface area contributed by atoms with E-state index in [1.54, 1.807) is 36.4 Å². The van der Waals surface area contributed by atoms with Gasteiger partial charge in [0, 0.05) is 33.4 Å². The van der Waals surface area contributed by atoms with Crippen molar-refractivity contribution in [1.29, 1.82) is 0 Å². The van der Waals surface area contributed by atoms with Crippen molar-refractivity contribution >= 4 is 25.1 Å². The molecule has 0 aromatic heterocycles. The highest BCUT2D eigenvalue weighted by molar-refractivity contribution is 5.91. The van der Waals surface area contributed by atoms with Gasteiger partial charge < -0.3 is 9.47 Å². The second-order valence-electron chi connectivity index (χ2n) is 6.50. The molecule has 0 aliphatic rings. The van der Waals surface area contributed by atoms with E-state index < -0.39 is 0 Å². The molecule has 0 unspecified atom stereocenters. The van der Waals surface area contributed by atoms with Gasteiger partial charge in [-0.05, 0) is 59.7 Å². The van der Waals surface area contributed by atoms with Gasteiger partial charge in [0.15, 0.2) is 0 Å². The quantitative estimate of drug-likeness (QED) is 0.523. The summed E-state index contributed by atoms with van der Waals surface area (Å²) in [4.78, 5) is 45.1. The van der Waals surface area contributed by atoms with Crippen molar-refractivity contribution in [3.05, 3.63) is 70.8 Å². The number of carbonyl (C=O) groups excluding carboxylic acids is 4. The van der Waals surface area contributed by atoms with Crippen LogP contribution in [0.4, 0.5) is 0 Å². The summed E-state index contributed by atoms with van der Waals surface area (Å²) < 4.78 is 11.1. The second kappa shape index (κ2) is 8.96. The zero-order chi connectivity index (χ0) is 21.7. The number of carbonyl (C=O) groups is 4. The lowest BCUT2D eigenvalue weighted by atomic mass is 9.94. The van der Waals surface area contributed by atoms with Crippen molar-refractivity contribution in [3.8, 4) is 33.8 Å². The number of rotatable bonds is 8. The molecule has 0 spiro atoms. The first-order valence-corrected chi connectivity index (χ1v) is 8.94. The summed E-state index contributed by atoms with van der Waals surface area (Å²) in [5.41, 5.74) is 3.88. The Morgan fingerprint density at radius 3 is 1.03 bits per heavy atom. The molecule has 3 aromatic carbocycles. The zero-order valence-corrected chi connectivity index (χ0v) is 16.4. The Labute approximate surface area is 173 Å². The van der Waals surface area contributed by atoms with Crippen molar-refractivity contribution in [2.24, 2.45) is 0 Å². The van der Waals surface area contributed by atoms with Gasteiger partial charge in [0.1, 0.15) is 36.6 Å². The first kappa shape index (κ1) is 20.7. The maximum Gasteiger partial charge on any atom is 0.150 e. The lowest BCUT2D eigenvalue weighted by Crippen LogP contribution is -1.97. The van der Waals surface area contributed by atoms with E-state index in [0.29, 0.717) is 81.2 Å². The molecule has 30 heavy (non-hydrogen) atoms. The molecule has 0 atom stereocenters. The third kappa shape index (κ3) is 4.03. The summed E-state index contributed by atoms with van der Waals surface area (Å²) in [7, 11) is 3.00. The monoisotopic (exact) mass is 402 g/mol. The Balaban J connectivity index is 2.26. The molecular weight excluding hydrogens is 384 g/mol. The molecule has 3 rings (SSSR count). The third-order valence-electron chi connectivity index (χ3n) is 4.64. The molecular formula is C24H18O6. The number of hydrogen-bond donors (Lipinski definition) is 0. The largest absolute Gasteiger partial charge is 0.496 e. The maximum absolute atomic E-state index is 11.3. The standard InChI is InChI=1S/C24H18O6/c1-29-23-9-22(20-7-17(13-27)4-18(8-20)14-28)24(30-2)10-21(23)19-5-15(11-25)3-16(6-19)12-26/h3-14H,1-2H3. The van der Waals surface area contributed by atoms with Crippen LogP contribution in [0.5, 0.6) is 11.5 Å². The Kier molecular flexibility index (Phi) is 6.17. The predicted molar refractivity (Wildman–Crippen MR) is 112 cm³/mol. The van der Waals surface area contributed by atoms with Crippen molar-refractivity contribution < 1.29 is 28.7 Å². The molecule has 0 saturated heterocycles. The van der Waals surface area contributed by atoms with Gasteiger partial charge >= 0.3 is 0 Å². The van der Waals surface area contributed by atoms with Crippen LogP contribution in [0, 0.1) is 0 Å². The average Bonchev–Trinajstić information content (AvgIpc) is 2.82. The van der Waals surface area contributed by atoms with E-state index in [1.165, 1.54) is 26.4 Å². The molecule has 0 heterocycles. The van der Waals surface area contributed by atoms with Crippen LogP contribution in [0.2, 0.25) is 0 Å². The van der Waals surface area contributed by atoms with E-state index in [2.05, 4.69) is 0 Å². The first-order valence-electron chi connectivity index (χ1n) is 8.94. The van der Waals surface area contributed by atoms with E-state index in [-0.39, 0.29) is 0 Å². The Bertz CT molecular complexity index is 1000. The fourth-order valence-electron chi connectivity index (χ4n) is 3.29. The van der Waals surface area contributed by atoms with Crippen molar-refractivity contribution in [2.75, 3.05) is 14.2 Å². The molecule has 3 aromatic rings. The van der Waals surface area contributed by atoms with E-state index >= 15 is 0 Å². The van der Waals surface area contributed by atoms with Gasteiger partial charge in [-0.15, -0.1) is 0 Å². The van der Waals surface area contributed by atoms with E-state index in [1.807, 2.05) is 0 Å². The van der Waals surface area contributed by atoms with E-state index in [4.69, 9.17) is 9.47 Å². The van der Waals surface area contributed by atoms with Gasteiger partial charge in [-0.3, -0.25) is 19.2 Å². The summed E-state index contributed by atoms with van der Waals surface area (Å²) in [6.07, 6.45) is 2.67. The number of aldehydes is 4. The first-order chi connectivity index (χ1) is 14.6. The molecule has 0 amide bonds. The normalized spacial score (nSPS) is 10.2. The molecule has 150 valence electrons. The maximum atomic E-state index is 11.3. The number of methoxy groups -OCH3 is 2. The zero-order valence-electron chi connectivity index (χ0n) is 16.4. The molecule has 0 aliphatic heterocycles. The Hall–Kier alpha value is -4.06. The van der Waals surface area contributed by atoms with E-state index in [9.17, 15) is 19.2 Å². The predicted octanol–water partition coefficient (Wildman–Crippen LogP) is 4.29. The number of benzene rings is 3. The number of hydrogen-bond acceptors (Lipinski definition) is 6. The van der Waals surface area contributed by atoms with Gasteiger partial charge in [0.05, 0.1) is 14.2 Å². The topological polar surface area (TPSA) is 86.7 Å². The fraction of sp³-hybridized carbons (Fsp3) is 0.0833. The lowest BCUT2D eigenvalue weighted by molar-refractivity contribution is 0.111. The van der Waals surface area contributed by atoms with Gasteiger partial charge in [-0.2, -0.15) is 0 Å². The molecule has 0 radical (unpaired) electrons. The minimum Gasteiger partial charge on any atom is -0.496 e.